The van der Waals surface area contributed by atoms with E-state index in [9.17, 15) is 9.59 Å². The van der Waals surface area contributed by atoms with Gasteiger partial charge in [-0.25, -0.2) is 0 Å². The molecule has 7 heteroatoms. The van der Waals surface area contributed by atoms with E-state index in [0.717, 1.165) is 5.75 Å². The Kier molecular flexibility index (Phi) is 5.90. The molecule has 1 aliphatic heterocycles. The lowest BCUT2D eigenvalue weighted by Crippen LogP contribution is -2.48. The zero-order valence-corrected chi connectivity index (χ0v) is 13.0. The first-order chi connectivity index (χ1) is 10.1. The second-order valence-corrected chi connectivity index (χ2v) is 6.36. The van der Waals surface area contributed by atoms with Crippen molar-refractivity contribution in [2.45, 2.75) is 12.5 Å². The van der Waals surface area contributed by atoms with Gasteiger partial charge in [0.2, 0.25) is 5.91 Å². The van der Waals surface area contributed by atoms with E-state index in [4.69, 9.17) is 16.7 Å². The lowest BCUT2D eigenvalue weighted by atomic mass is 10.2. The predicted molar refractivity (Wildman–Crippen MR) is 85.0 cm³/mol. The van der Waals surface area contributed by atoms with Crippen molar-refractivity contribution < 1.29 is 14.7 Å². The van der Waals surface area contributed by atoms with Gasteiger partial charge < -0.3 is 10.4 Å². The molecular weight excluding hydrogens is 312 g/mol. The first-order valence-electron chi connectivity index (χ1n) is 6.66. The summed E-state index contributed by atoms with van der Waals surface area (Å²) in [6.45, 7) is 1.15. The third-order valence-corrected chi connectivity index (χ3v) is 4.52. The van der Waals surface area contributed by atoms with Crippen molar-refractivity contribution in [2.24, 2.45) is 0 Å². The van der Waals surface area contributed by atoms with Crippen molar-refractivity contribution in [3.05, 3.63) is 29.3 Å². The standard InChI is InChI=1S/C14H17ClN2O3S/c15-10-2-1-3-11(8-10)16-13(18)4-5-17-6-7-21-9-12(17)14(19)20/h1-3,8,12H,4-7,9H2,(H,16,18)(H,19,20). The third kappa shape index (κ3) is 4.91. The number of carbonyl (C=O) groups excluding carboxylic acids is 1. The summed E-state index contributed by atoms with van der Waals surface area (Å²) in [4.78, 5) is 24.9. The Morgan fingerprint density at radius 3 is 3.00 bits per heavy atom. The average molecular weight is 329 g/mol. The fraction of sp³-hybridized carbons (Fsp3) is 0.429. The molecule has 2 rings (SSSR count). The van der Waals surface area contributed by atoms with Crippen molar-refractivity contribution in [1.82, 2.24) is 4.90 Å². The molecule has 1 atom stereocenters. The number of anilines is 1. The Balaban J connectivity index is 1.84. The number of carbonyl (C=O) groups is 2. The Bertz CT molecular complexity index is 527. The van der Waals surface area contributed by atoms with Crippen LogP contribution in [0.2, 0.25) is 5.02 Å². The molecule has 0 saturated carbocycles. The average Bonchev–Trinajstić information content (AvgIpc) is 2.45. The summed E-state index contributed by atoms with van der Waals surface area (Å²) in [6.07, 6.45) is 0.265. The van der Waals surface area contributed by atoms with E-state index in [1.165, 1.54) is 0 Å². The number of thioether (sulfide) groups is 1. The summed E-state index contributed by atoms with van der Waals surface area (Å²) in [6, 6.07) is 6.45. The summed E-state index contributed by atoms with van der Waals surface area (Å²) in [5.41, 5.74) is 0.650. The van der Waals surface area contributed by atoms with Crippen LogP contribution < -0.4 is 5.32 Å². The van der Waals surface area contributed by atoms with Crippen LogP contribution in [0.15, 0.2) is 24.3 Å². The van der Waals surface area contributed by atoms with E-state index in [0.29, 0.717) is 29.6 Å². The van der Waals surface area contributed by atoms with Gasteiger partial charge in [0.25, 0.3) is 0 Å². The van der Waals surface area contributed by atoms with Crippen LogP contribution in [0.4, 0.5) is 5.69 Å². The molecule has 1 aromatic rings. The Morgan fingerprint density at radius 2 is 2.29 bits per heavy atom. The largest absolute Gasteiger partial charge is 0.480 e. The van der Waals surface area contributed by atoms with Crippen LogP contribution in [0.5, 0.6) is 0 Å². The first-order valence-corrected chi connectivity index (χ1v) is 8.19. The molecule has 0 bridgehead atoms. The highest BCUT2D eigenvalue weighted by atomic mass is 35.5. The highest BCUT2D eigenvalue weighted by Gasteiger charge is 2.28. The van der Waals surface area contributed by atoms with Gasteiger partial charge >= 0.3 is 5.97 Å². The number of hydrogen-bond acceptors (Lipinski definition) is 4. The summed E-state index contributed by atoms with van der Waals surface area (Å²) < 4.78 is 0. The maximum atomic E-state index is 11.9. The van der Waals surface area contributed by atoms with Gasteiger partial charge in [-0.15, -0.1) is 0 Å². The van der Waals surface area contributed by atoms with Crippen molar-refractivity contribution in [3.63, 3.8) is 0 Å². The maximum absolute atomic E-state index is 11.9. The Labute approximate surface area is 132 Å². The molecule has 21 heavy (non-hydrogen) atoms. The van der Waals surface area contributed by atoms with E-state index >= 15 is 0 Å². The minimum atomic E-state index is -0.822. The van der Waals surface area contributed by atoms with Crippen LogP contribution in [0.25, 0.3) is 0 Å². The molecule has 0 spiro atoms. The number of benzene rings is 1. The smallest absolute Gasteiger partial charge is 0.321 e. The van der Waals surface area contributed by atoms with Gasteiger partial charge in [-0.3, -0.25) is 14.5 Å². The minimum absolute atomic E-state index is 0.139. The minimum Gasteiger partial charge on any atom is -0.480 e. The number of amides is 1. The SMILES string of the molecule is O=C(CCN1CCSCC1C(=O)O)Nc1cccc(Cl)c1. The molecule has 1 unspecified atom stereocenters. The summed E-state index contributed by atoms with van der Waals surface area (Å²) in [7, 11) is 0. The topological polar surface area (TPSA) is 69.6 Å². The zero-order valence-electron chi connectivity index (χ0n) is 11.4. The molecule has 1 amide bonds. The Morgan fingerprint density at radius 1 is 1.48 bits per heavy atom. The van der Waals surface area contributed by atoms with Crippen molar-refractivity contribution in [2.75, 3.05) is 29.9 Å². The van der Waals surface area contributed by atoms with E-state index < -0.39 is 12.0 Å². The highest BCUT2D eigenvalue weighted by molar-refractivity contribution is 7.99. The first kappa shape index (κ1) is 16.1. The summed E-state index contributed by atoms with van der Waals surface area (Å²) >= 11 is 7.49. The Hall–Kier alpha value is -1.24. The number of hydrogen-bond donors (Lipinski definition) is 2. The fourth-order valence-electron chi connectivity index (χ4n) is 2.17. The highest BCUT2D eigenvalue weighted by Crippen LogP contribution is 2.18. The van der Waals surface area contributed by atoms with E-state index in [1.54, 1.807) is 36.0 Å². The molecule has 0 radical (unpaired) electrons. The van der Waals surface area contributed by atoms with Gasteiger partial charge in [-0.1, -0.05) is 17.7 Å². The molecule has 0 aromatic heterocycles. The zero-order chi connectivity index (χ0) is 15.2. The van der Waals surface area contributed by atoms with Crippen LogP contribution >= 0.6 is 23.4 Å². The molecule has 0 aliphatic carbocycles. The second kappa shape index (κ2) is 7.68. The molecule has 1 heterocycles. The van der Waals surface area contributed by atoms with E-state index in [1.807, 2.05) is 4.90 Å². The number of aliphatic carboxylic acids is 1. The number of carboxylic acids is 1. The number of halogens is 1. The molecule has 5 nitrogen and oxygen atoms in total. The van der Waals surface area contributed by atoms with Gasteiger partial charge in [0.15, 0.2) is 0 Å². The second-order valence-electron chi connectivity index (χ2n) is 4.77. The molecule has 1 aliphatic rings. The van der Waals surface area contributed by atoms with Gasteiger partial charge in [0.05, 0.1) is 0 Å². The number of carboxylic acid groups (broad SMARTS) is 1. The van der Waals surface area contributed by atoms with E-state index in [-0.39, 0.29) is 12.3 Å². The molecular formula is C14H17ClN2O3S. The monoisotopic (exact) mass is 328 g/mol. The van der Waals surface area contributed by atoms with Crippen molar-refractivity contribution in [3.8, 4) is 0 Å². The number of nitrogens with one attached hydrogen (secondary N) is 1. The molecule has 1 saturated heterocycles. The lowest BCUT2D eigenvalue weighted by molar-refractivity contribution is -0.142. The van der Waals surface area contributed by atoms with Crippen molar-refractivity contribution >= 4 is 40.9 Å². The summed E-state index contributed by atoms with van der Waals surface area (Å²) in [5.74, 6) is 0.516. The number of rotatable bonds is 5. The van der Waals surface area contributed by atoms with Crippen LogP contribution in [0.1, 0.15) is 6.42 Å². The van der Waals surface area contributed by atoms with Crippen molar-refractivity contribution in [1.29, 1.82) is 0 Å². The van der Waals surface area contributed by atoms with Crippen LogP contribution in [0, 0.1) is 0 Å². The van der Waals surface area contributed by atoms with Gasteiger partial charge in [-0.05, 0) is 18.2 Å². The summed E-state index contributed by atoms with van der Waals surface area (Å²) in [5, 5.41) is 12.5. The van der Waals surface area contributed by atoms with Crippen LogP contribution in [-0.4, -0.2) is 52.5 Å². The lowest BCUT2D eigenvalue weighted by Gasteiger charge is -2.32. The van der Waals surface area contributed by atoms with Crippen LogP contribution in [-0.2, 0) is 9.59 Å². The predicted octanol–water partition coefficient (Wildman–Crippen LogP) is 2.17. The molecule has 114 valence electrons. The van der Waals surface area contributed by atoms with E-state index in [2.05, 4.69) is 5.32 Å². The molecule has 1 fully saturated rings. The van der Waals surface area contributed by atoms with Gasteiger partial charge in [0, 0.05) is 41.7 Å². The van der Waals surface area contributed by atoms with Crippen LogP contribution in [0.3, 0.4) is 0 Å². The quantitative estimate of drug-likeness (QED) is 0.867. The molecule has 2 N–H and O–H groups in total. The van der Waals surface area contributed by atoms with Gasteiger partial charge in [-0.2, -0.15) is 11.8 Å². The molecule has 1 aromatic carbocycles. The number of nitrogens with zero attached hydrogens (tertiary/aromatic N) is 1. The third-order valence-electron chi connectivity index (χ3n) is 3.26. The normalized spacial score (nSPS) is 19.2. The maximum Gasteiger partial charge on any atom is 0.321 e. The fourth-order valence-corrected chi connectivity index (χ4v) is 3.47. The van der Waals surface area contributed by atoms with Gasteiger partial charge in [0.1, 0.15) is 6.04 Å².